The first-order chi connectivity index (χ1) is 11.0. The highest BCUT2D eigenvalue weighted by molar-refractivity contribution is 5.87. The molecule has 1 N–H and O–H groups in total. The molecule has 4 heteroatoms. The van der Waals surface area contributed by atoms with Gasteiger partial charge in [-0.05, 0) is 31.2 Å². The highest BCUT2D eigenvalue weighted by Crippen LogP contribution is 2.08. The predicted octanol–water partition coefficient (Wildman–Crippen LogP) is 3.02. The molecule has 0 aliphatic heterocycles. The second-order valence-electron chi connectivity index (χ2n) is 6.39. The van der Waals surface area contributed by atoms with Crippen LogP contribution in [0, 0.1) is 5.92 Å². The first-order valence-electron chi connectivity index (χ1n) is 8.56. The lowest BCUT2D eigenvalue weighted by molar-refractivity contribution is -0.140. The fourth-order valence-corrected chi connectivity index (χ4v) is 2.38. The van der Waals surface area contributed by atoms with Crippen molar-refractivity contribution < 1.29 is 9.59 Å². The lowest BCUT2D eigenvalue weighted by Gasteiger charge is -2.29. The first kappa shape index (κ1) is 19.2. The van der Waals surface area contributed by atoms with Gasteiger partial charge in [-0.1, -0.05) is 51.1 Å². The second-order valence-corrected chi connectivity index (χ2v) is 6.39. The van der Waals surface area contributed by atoms with Gasteiger partial charge in [0.25, 0.3) is 0 Å². The molecule has 0 fully saturated rings. The maximum absolute atomic E-state index is 12.4. The van der Waals surface area contributed by atoms with Crippen molar-refractivity contribution >= 4 is 11.8 Å². The van der Waals surface area contributed by atoms with Gasteiger partial charge in [-0.2, -0.15) is 0 Å². The third-order valence-electron chi connectivity index (χ3n) is 3.80. The largest absolute Gasteiger partial charge is 0.354 e. The normalized spacial score (nSPS) is 12.0. The minimum atomic E-state index is -0.434. The summed E-state index contributed by atoms with van der Waals surface area (Å²) in [6, 6.07) is 9.62. The number of rotatable bonds is 9. The highest BCUT2D eigenvalue weighted by Gasteiger charge is 2.24. The predicted molar refractivity (Wildman–Crippen MR) is 94.1 cm³/mol. The molecule has 2 amide bonds. The molecular weight excluding hydrogens is 288 g/mol. The number of hydrogen-bond acceptors (Lipinski definition) is 2. The molecule has 1 rings (SSSR count). The van der Waals surface area contributed by atoms with E-state index in [-0.39, 0.29) is 11.8 Å². The third-order valence-corrected chi connectivity index (χ3v) is 3.80. The molecule has 0 aliphatic carbocycles. The van der Waals surface area contributed by atoms with Crippen molar-refractivity contribution in [1.82, 2.24) is 10.2 Å². The Morgan fingerprint density at radius 3 is 2.35 bits per heavy atom. The molecule has 4 nitrogen and oxygen atoms in total. The zero-order valence-corrected chi connectivity index (χ0v) is 14.8. The summed E-state index contributed by atoms with van der Waals surface area (Å²) in [5, 5.41) is 2.92. The van der Waals surface area contributed by atoms with Crippen molar-refractivity contribution in [2.45, 2.75) is 53.0 Å². The Labute approximate surface area is 140 Å². The Balaban J connectivity index is 2.70. The number of benzene rings is 1. The molecule has 1 aromatic rings. The molecule has 0 aromatic heterocycles. The van der Waals surface area contributed by atoms with E-state index in [2.05, 4.69) is 19.2 Å². The first-order valence-corrected chi connectivity index (χ1v) is 8.56. The molecule has 1 atom stereocenters. The Bertz CT molecular complexity index is 485. The quantitative estimate of drug-likeness (QED) is 0.761. The topological polar surface area (TPSA) is 49.4 Å². The van der Waals surface area contributed by atoms with Crippen LogP contribution in [0.4, 0.5) is 0 Å². The van der Waals surface area contributed by atoms with Crippen LogP contribution in [0.2, 0.25) is 0 Å². The second kappa shape index (κ2) is 10.0. The fourth-order valence-electron chi connectivity index (χ4n) is 2.38. The number of nitrogens with one attached hydrogen (secondary N) is 1. The summed E-state index contributed by atoms with van der Waals surface area (Å²) in [5.74, 6) is 0.377. The zero-order valence-electron chi connectivity index (χ0n) is 14.8. The van der Waals surface area contributed by atoms with Gasteiger partial charge in [-0.15, -0.1) is 0 Å². The zero-order chi connectivity index (χ0) is 17.2. The monoisotopic (exact) mass is 318 g/mol. The molecule has 1 aromatic carbocycles. The average Bonchev–Trinajstić information content (AvgIpc) is 2.53. The Morgan fingerprint density at radius 2 is 1.78 bits per heavy atom. The van der Waals surface area contributed by atoms with Crippen LogP contribution in [0.5, 0.6) is 0 Å². The molecule has 0 aliphatic rings. The summed E-state index contributed by atoms with van der Waals surface area (Å²) < 4.78 is 0. The van der Waals surface area contributed by atoms with Crippen molar-refractivity contribution in [3.8, 4) is 0 Å². The summed E-state index contributed by atoms with van der Waals surface area (Å²) in [6.45, 7) is 9.11. The molecule has 0 bridgehead atoms. The maximum Gasteiger partial charge on any atom is 0.242 e. The number of nitrogens with zero attached hydrogens (tertiary/aromatic N) is 1. The minimum Gasteiger partial charge on any atom is -0.354 e. The summed E-state index contributed by atoms with van der Waals surface area (Å²) in [4.78, 5) is 26.4. The fraction of sp³-hybridized carbons (Fsp3) is 0.579. The number of amides is 2. The molecule has 0 radical (unpaired) electrons. The SMILES string of the molecule is CCCC(=O)N(CCc1ccccc1)[C@@H](C)C(=O)NCC(C)C. The van der Waals surface area contributed by atoms with E-state index in [1.807, 2.05) is 44.2 Å². The summed E-state index contributed by atoms with van der Waals surface area (Å²) in [7, 11) is 0. The van der Waals surface area contributed by atoms with E-state index in [1.54, 1.807) is 4.90 Å². The summed E-state index contributed by atoms with van der Waals surface area (Å²) in [6.07, 6.45) is 2.04. The lowest BCUT2D eigenvalue weighted by Crippen LogP contribution is -2.49. The van der Waals surface area contributed by atoms with Crippen molar-refractivity contribution in [3.63, 3.8) is 0 Å². The van der Waals surface area contributed by atoms with Gasteiger partial charge >= 0.3 is 0 Å². The van der Waals surface area contributed by atoms with E-state index in [0.29, 0.717) is 25.4 Å². The van der Waals surface area contributed by atoms with Crippen LogP contribution in [0.25, 0.3) is 0 Å². The molecule has 0 unspecified atom stereocenters. The van der Waals surface area contributed by atoms with Crippen molar-refractivity contribution in [3.05, 3.63) is 35.9 Å². The Morgan fingerprint density at radius 1 is 1.13 bits per heavy atom. The van der Waals surface area contributed by atoms with Gasteiger partial charge in [-0.3, -0.25) is 9.59 Å². The molecular formula is C19H30N2O2. The highest BCUT2D eigenvalue weighted by atomic mass is 16.2. The van der Waals surface area contributed by atoms with Crippen LogP contribution in [0.15, 0.2) is 30.3 Å². The van der Waals surface area contributed by atoms with Crippen LogP contribution in [-0.4, -0.2) is 35.8 Å². The van der Waals surface area contributed by atoms with Gasteiger partial charge in [0.1, 0.15) is 6.04 Å². The number of carbonyl (C=O) groups is 2. The molecule has 0 saturated carbocycles. The Hall–Kier alpha value is -1.84. The van der Waals surface area contributed by atoms with Crippen molar-refractivity contribution in [1.29, 1.82) is 0 Å². The summed E-state index contributed by atoms with van der Waals surface area (Å²) in [5.41, 5.74) is 1.18. The lowest BCUT2D eigenvalue weighted by atomic mass is 10.1. The van der Waals surface area contributed by atoms with Gasteiger partial charge in [0.15, 0.2) is 0 Å². The smallest absolute Gasteiger partial charge is 0.242 e. The standard InChI is InChI=1S/C19H30N2O2/c1-5-9-18(22)21(13-12-17-10-7-6-8-11-17)16(4)19(23)20-14-15(2)3/h6-8,10-11,15-16H,5,9,12-14H2,1-4H3,(H,20,23)/t16-/m0/s1. The maximum atomic E-state index is 12.4. The van der Waals surface area contributed by atoms with Gasteiger partial charge in [0.05, 0.1) is 0 Å². The molecule has 0 heterocycles. The van der Waals surface area contributed by atoms with Gasteiger partial charge < -0.3 is 10.2 Å². The van der Waals surface area contributed by atoms with Crippen LogP contribution in [0.1, 0.15) is 46.1 Å². The number of carbonyl (C=O) groups excluding carboxylic acids is 2. The molecule has 128 valence electrons. The molecule has 23 heavy (non-hydrogen) atoms. The van der Waals surface area contributed by atoms with Gasteiger partial charge in [0.2, 0.25) is 11.8 Å². The third kappa shape index (κ3) is 6.85. The van der Waals surface area contributed by atoms with Crippen molar-refractivity contribution in [2.75, 3.05) is 13.1 Å². The van der Waals surface area contributed by atoms with Crippen LogP contribution >= 0.6 is 0 Å². The van der Waals surface area contributed by atoms with Crippen LogP contribution < -0.4 is 5.32 Å². The van der Waals surface area contributed by atoms with Gasteiger partial charge in [-0.25, -0.2) is 0 Å². The minimum absolute atomic E-state index is 0.0515. The van der Waals surface area contributed by atoms with E-state index < -0.39 is 6.04 Å². The summed E-state index contributed by atoms with van der Waals surface area (Å²) >= 11 is 0. The molecule has 0 spiro atoms. The van der Waals surface area contributed by atoms with E-state index >= 15 is 0 Å². The van der Waals surface area contributed by atoms with Crippen molar-refractivity contribution in [2.24, 2.45) is 5.92 Å². The van der Waals surface area contributed by atoms with E-state index in [1.165, 1.54) is 5.56 Å². The Kier molecular flexibility index (Phi) is 8.38. The van der Waals surface area contributed by atoms with Gasteiger partial charge in [0, 0.05) is 19.5 Å². The van der Waals surface area contributed by atoms with Crippen LogP contribution in [0.3, 0.4) is 0 Å². The van der Waals surface area contributed by atoms with Crippen LogP contribution in [-0.2, 0) is 16.0 Å². The van der Waals surface area contributed by atoms with E-state index in [9.17, 15) is 9.59 Å². The van der Waals surface area contributed by atoms with E-state index in [0.717, 1.165) is 12.8 Å². The average molecular weight is 318 g/mol. The van der Waals surface area contributed by atoms with E-state index in [4.69, 9.17) is 0 Å². The molecule has 0 saturated heterocycles. The number of hydrogen-bond donors (Lipinski definition) is 1.